The summed E-state index contributed by atoms with van der Waals surface area (Å²) in [6, 6.07) is 5.62. The first-order chi connectivity index (χ1) is 11.3. The third-order valence-electron chi connectivity index (χ3n) is 3.26. The number of aryl methyl sites for hydroxylation is 2. The van der Waals surface area contributed by atoms with E-state index in [9.17, 15) is 19.7 Å². The lowest BCUT2D eigenvalue weighted by molar-refractivity contribution is -0.385. The molecule has 0 aliphatic carbocycles. The van der Waals surface area contributed by atoms with Gasteiger partial charge in [-0.1, -0.05) is 5.16 Å². The molecule has 0 unspecified atom stereocenters. The van der Waals surface area contributed by atoms with E-state index in [0.717, 1.165) is 0 Å². The van der Waals surface area contributed by atoms with Gasteiger partial charge in [-0.2, -0.15) is 0 Å². The van der Waals surface area contributed by atoms with Crippen molar-refractivity contribution in [2.24, 2.45) is 0 Å². The van der Waals surface area contributed by atoms with Crippen molar-refractivity contribution in [1.29, 1.82) is 0 Å². The minimum Gasteiger partial charge on any atom is -0.360 e. The van der Waals surface area contributed by atoms with Crippen molar-refractivity contribution in [3.05, 3.63) is 51.3 Å². The van der Waals surface area contributed by atoms with Crippen LogP contribution in [-0.4, -0.2) is 40.4 Å². The minimum absolute atomic E-state index is 0.0617. The summed E-state index contributed by atoms with van der Waals surface area (Å²) in [4.78, 5) is 35.7. The number of nitrogens with one attached hydrogen (secondary N) is 1. The molecule has 126 valence electrons. The molecular weight excluding hydrogens is 316 g/mol. The molecule has 0 bridgehead atoms. The first-order valence-electron chi connectivity index (χ1n) is 7.01. The standard InChI is InChI=1S/C15H16N4O5/c1-9-6-11(4-5-12(9)19(22)23)15(21)18(3)8-14(20)16-13-7-10(2)24-17-13/h4-7H,8H2,1-3H3,(H,16,17,20). The second-order valence-electron chi connectivity index (χ2n) is 5.29. The van der Waals surface area contributed by atoms with Gasteiger partial charge in [-0.3, -0.25) is 19.7 Å². The summed E-state index contributed by atoms with van der Waals surface area (Å²) in [6.07, 6.45) is 0. The maximum Gasteiger partial charge on any atom is 0.272 e. The fraction of sp³-hybridized carbons (Fsp3) is 0.267. The van der Waals surface area contributed by atoms with E-state index in [1.54, 1.807) is 19.9 Å². The van der Waals surface area contributed by atoms with Gasteiger partial charge in [-0.05, 0) is 26.0 Å². The van der Waals surface area contributed by atoms with Gasteiger partial charge in [0.05, 0.1) is 11.5 Å². The van der Waals surface area contributed by atoms with Gasteiger partial charge in [0, 0.05) is 30.3 Å². The molecule has 0 radical (unpaired) electrons. The highest BCUT2D eigenvalue weighted by molar-refractivity contribution is 5.99. The zero-order valence-corrected chi connectivity index (χ0v) is 13.4. The number of amides is 2. The van der Waals surface area contributed by atoms with E-state index in [-0.39, 0.29) is 23.6 Å². The molecule has 9 nitrogen and oxygen atoms in total. The summed E-state index contributed by atoms with van der Waals surface area (Å²) in [7, 11) is 1.46. The number of nitrogens with zero attached hydrogens (tertiary/aromatic N) is 3. The average molecular weight is 332 g/mol. The van der Waals surface area contributed by atoms with E-state index >= 15 is 0 Å². The molecule has 0 saturated heterocycles. The number of likely N-dealkylation sites (N-methyl/N-ethyl adjacent to an activating group) is 1. The topological polar surface area (TPSA) is 119 Å². The highest BCUT2D eigenvalue weighted by Gasteiger charge is 2.18. The Balaban J connectivity index is 2.02. The van der Waals surface area contributed by atoms with Crippen LogP contribution in [0.25, 0.3) is 0 Å². The molecule has 1 aromatic heterocycles. The summed E-state index contributed by atoms with van der Waals surface area (Å²) in [6.45, 7) is 3.05. The largest absolute Gasteiger partial charge is 0.360 e. The molecule has 2 rings (SSSR count). The number of hydrogen-bond donors (Lipinski definition) is 1. The molecule has 1 aromatic carbocycles. The number of anilines is 1. The summed E-state index contributed by atoms with van der Waals surface area (Å²) in [5, 5.41) is 16.9. The highest BCUT2D eigenvalue weighted by Crippen LogP contribution is 2.19. The molecule has 0 aliphatic heterocycles. The van der Waals surface area contributed by atoms with Crippen LogP contribution < -0.4 is 5.32 Å². The van der Waals surface area contributed by atoms with E-state index in [0.29, 0.717) is 11.3 Å². The number of aromatic nitrogens is 1. The molecule has 0 fully saturated rings. The Morgan fingerprint density at radius 3 is 2.58 bits per heavy atom. The smallest absolute Gasteiger partial charge is 0.272 e. The van der Waals surface area contributed by atoms with Crippen LogP contribution in [0.1, 0.15) is 21.7 Å². The van der Waals surface area contributed by atoms with Crippen LogP contribution >= 0.6 is 0 Å². The molecule has 1 heterocycles. The number of nitro benzene ring substituents is 1. The molecule has 2 aromatic rings. The first kappa shape index (κ1) is 17.1. The monoisotopic (exact) mass is 332 g/mol. The predicted molar refractivity (Wildman–Crippen MR) is 84.7 cm³/mol. The fourth-order valence-electron chi connectivity index (χ4n) is 2.11. The normalized spacial score (nSPS) is 10.3. The van der Waals surface area contributed by atoms with Gasteiger partial charge in [0.2, 0.25) is 5.91 Å². The lowest BCUT2D eigenvalue weighted by atomic mass is 10.1. The average Bonchev–Trinajstić information content (AvgIpc) is 2.90. The van der Waals surface area contributed by atoms with Gasteiger partial charge in [-0.15, -0.1) is 0 Å². The Morgan fingerprint density at radius 2 is 2.04 bits per heavy atom. The number of rotatable bonds is 5. The summed E-state index contributed by atoms with van der Waals surface area (Å²) in [5.74, 6) is -0.0297. The SMILES string of the molecule is Cc1cc(NC(=O)CN(C)C(=O)c2ccc([N+](=O)[O-])c(C)c2)no1. The van der Waals surface area contributed by atoms with E-state index < -0.39 is 16.7 Å². The number of carbonyl (C=O) groups is 2. The highest BCUT2D eigenvalue weighted by atomic mass is 16.6. The Hall–Kier alpha value is -3.23. The molecule has 24 heavy (non-hydrogen) atoms. The van der Waals surface area contributed by atoms with Crippen LogP contribution in [0.3, 0.4) is 0 Å². The Bertz CT molecular complexity index is 799. The van der Waals surface area contributed by atoms with Crippen molar-refractivity contribution in [2.75, 3.05) is 18.9 Å². The maximum atomic E-state index is 12.3. The van der Waals surface area contributed by atoms with Crippen molar-refractivity contribution in [2.45, 2.75) is 13.8 Å². The Morgan fingerprint density at radius 1 is 1.33 bits per heavy atom. The lowest BCUT2D eigenvalue weighted by Gasteiger charge is -2.16. The van der Waals surface area contributed by atoms with Crippen LogP contribution in [0.15, 0.2) is 28.8 Å². The van der Waals surface area contributed by atoms with E-state index in [1.165, 1.54) is 30.1 Å². The second kappa shape index (κ2) is 6.90. The number of benzene rings is 1. The summed E-state index contributed by atoms with van der Waals surface area (Å²) < 4.78 is 4.83. The Labute approximate surface area is 137 Å². The van der Waals surface area contributed by atoms with Crippen molar-refractivity contribution in [1.82, 2.24) is 10.1 Å². The van der Waals surface area contributed by atoms with Gasteiger partial charge < -0.3 is 14.7 Å². The van der Waals surface area contributed by atoms with Crippen molar-refractivity contribution >= 4 is 23.3 Å². The van der Waals surface area contributed by atoms with Gasteiger partial charge >= 0.3 is 0 Å². The molecule has 9 heteroatoms. The third-order valence-corrected chi connectivity index (χ3v) is 3.26. The zero-order valence-electron chi connectivity index (χ0n) is 13.4. The van der Waals surface area contributed by atoms with E-state index in [2.05, 4.69) is 10.5 Å². The molecule has 0 spiro atoms. The van der Waals surface area contributed by atoms with Crippen LogP contribution in [0.2, 0.25) is 0 Å². The van der Waals surface area contributed by atoms with Crippen molar-refractivity contribution < 1.29 is 19.0 Å². The van der Waals surface area contributed by atoms with Crippen LogP contribution in [0, 0.1) is 24.0 Å². The summed E-state index contributed by atoms with van der Waals surface area (Å²) in [5.41, 5.74) is 0.584. The maximum absolute atomic E-state index is 12.3. The zero-order chi connectivity index (χ0) is 17.9. The molecule has 0 saturated carbocycles. The Kier molecular flexibility index (Phi) is 4.93. The molecule has 0 aliphatic rings. The second-order valence-corrected chi connectivity index (χ2v) is 5.29. The lowest BCUT2D eigenvalue weighted by Crippen LogP contribution is -2.35. The van der Waals surface area contributed by atoms with Crippen LogP contribution in [-0.2, 0) is 4.79 Å². The summed E-state index contributed by atoms with van der Waals surface area (Å²) >= 11 is 0. The first-order valence-corrected chi connectivity index (χ1v) is 7.01. The molecule has 1 N–H and O–H groups in total. The van der Waals surface area contributed by atoms with Gasteiger partial charge in [0.1, 0.15) is 5.76 Å². The number of carbonyl (C=O) groups excluding carboxylic acids is 2. The van der Waals surface area contributed by atoms with E-state index in [1.807, 2.05) is 0 Å². The van der Waals surface area contributed by atoms with Crippen LogP contribution in [0.5, 0.6) is 0 Å². The van der Waals surface area contributed by atoms with Gasteiger partial charge in [-0.25, -0.2) is 0 Å². The molecule has 2 amide bonds. The third kappa shape index (κ3) is 3.94. The predicted octanol–water partition coefficient (Wildman–Crippen LogP) is 1.91. The molecular formula is C15H16N4O5. The minimum atomic E-state index is -0.513. The van der Waals surface area contributed by atoms with Crippen LogP contribution in [0.4, 0.5) is 11.5 Å². The van der Waals surface area contributed by atoms with Gasteiger partial charge in [0.25, 0.3) is 11.6 Å². The van der Waals surface area contributed by atoms with Crippen molar-refractivity contribution in [3.8, 4) is 0 Å². The van der Waals surface area contributed by atoms with E-state index in [4.69, 9.17) is 4.52 Å². The quantitative estimate of drug-likeness (QED) is 0.660. The van der Waals surface area contributed by atoms with Gasteiger partial charge in [0.15, 0.2) is 5.82 Å². The number of hydrogen-bond acceptors (Lipinski definition) is 6. The fourth-order valence-corrected chi connectivity index (χ4v) is 2.11. The van der Waals surface area contributed by atoms with Crippen molar-refractivity contribution in [3.63, 3.8) is 0 Å². The number of nitro groups is 1. The molecule has 0 atom stereocenters.